The Hall–Kier alpha value is -0.440. The molecule has 1 fully saturated rings. The summed E-state index contributed by atoms with van der Waals surface area (Å²) in [5, 5.41) is 0.680. The van der Waals surface area contributed by atoms with Gasteiger partial charge in [-0.1, -0.05) is 0 Å². The van der Waals surface area contributed by atoms with Crippen LogP contribution < -0.4 is 0 Å². The minimum absolute atomic E-state index is 0.674. The number of aryl methyl sites for hydroxylation is 1. The van der Waals surface area contributed by atoms with Crippen LogP contribution in [0.2, 0.25) is 0 Å². The van der Waals surface area contributed by atoms with Gasteiger partial charge < -0.3 is 4.57 Å². The zero-order valence-electron chi connectivity index (χ0n) is 9.28. The molecule has 2 nitrogen and oxygen atoms in total. The fraction of sp³-hybridized carbons (Fsp3) is 0.750. The molecular weight excluding hydrogens is 204 g/mol. The van der Waals surface area contributed by atoms with Crippen LogP contribution >= 0.6 is 11.8 Å². The maximum absolute atomic E-state index is 4.67. The van der Waals surface area contributed by atoms with E-state index in [1.165, 1.54) is 49.4 Å². The molecule has 1 saturated heterocycles. The number of thioether (sulfide) groups is 1. The number of nitrogens with zero attached hydrogens (tertiary/aromatic N) is 2. The van der Waals surface area contributed by atoms with Crippen molar-refractivity contribution in [3.8, 4) is 0 Å². The third-order valence-corrected chi connectivity index (χ3v) is 4.99. The number of hydrogen-bond acceptors (Lipinski definition) is 2. The summed E-state index contributed by atoms with van der Waals surface area (Å²) in [5.41, 5.74) is 1.47. The van der Waals surface area contributed by atoms with E-state index in [0.717, 1.165) is 0 Å². The molecule has 0 aliphatic carbocycles. The Kier molecular flexibility index (Phi) is 2.51. The highest BCUT2D eigenvalue weighted by Crippen LogP contribution is 2.41. The fourth-order valence-electron chi connectivity index (χ4n) is 2.83. The van der Waals surface area contributed by atoms with Crippen LogP contribution in [0.15, 0.2) is 6.20 Å². The molecular formula is C12H18N2S. The molecule has 82 valence electrons. The average Bonchev–Trinajstić information content (AvgIpc) is 2.85. The van der Waals surface area contributed by atoms with Gasteiger partial charge in [0, 0.05) is 17.9 Å². The first-order chi connectivity index (χ1) is 7.36. The molecule has 3 heteroatoms. The first-order valence-electron chi connectivity index (χ1n) is 6.04. The molecule has 0 radical (unpaired) electrons. The highest BCUT2D eigenvalue weighted by Gasteiger charge is 2.27. The Bertz CT molecular complexity index is 353. The molecule has 0 saturated carbocycles. The standard InChI is InChI=1S/C12H18N2S/c1-9-4-2-5-10-8-13-12(14(9)10)11-6-3-7-15-11/h8-9,11H,2-7H2,1H3. The highest BCUT2D eigenvalue weighted by atomic mass is 32.2. The molecule has 0 bridgehead atoms. The van der Waals surface area contributed by atoms with Crippen molar-refractivity contribution in [3.63, 3.8) is 0 Å². The second-order valence-electron chi connectivity index (χ2n) is 4.72. The Morgan fingerprint density at radius 2 is 2.33 bits per heavy atom. The molecule has 2 aliphatic heterocycles. The van der Waals surface area contributed by atoms with E-state index in [1.54, 1.807) is 0 Å². The van der Waals surface area contributed by atoms with E-state index in [-0.39, 0.29) is 0 Å². The van der Waals surface area contributed by atoms with E-state index < -0.39 is 0 Å². The summed E-state index contributed by atoms with van der Waals surface area (Å²) in [5.74, 6) is 2.68. The van der Waals surface area contributed by atoms with Gasteiger partial charge in [-0.15, -0.1) is 0 Å². The Balaban J connectivity index is 1.97. The van der Waals surface area contributed by atoms with Crippen LogP contribution in [0.25, 0.3) is 0 Å². The molecule has 2 unspecified atom stereocenters. The van der Waals surface area contributed by atoms with Gasteiger partial charge in [-0.25, -0.2) is 4.98 Å². The quantitative estimate of drug-likeness (QED) is 0.725. The minimum Gasteiger partial charge on any atom is -0.328 e. The molecule has 0 spiro atoms. The second kappa shape index (κ2) is 3.85. The van der Waals surface area contributed by atoms with Crippen molar-refractivity contribution < 1.29 is 0 Å². The Morgan fingerprint density at radius 1 is 1.40 bits per heavy atom. The van der Waals surface area contributed by atoms with Gasteiger partial charge in [0.15, 0.2) is 0 Å². The van der Waals surface area contributed by atoms with Crippen molar-refractivity contribution >= 4 is 11.8 Å². The third-order valence-electron chi connectivity index (χ3n) is 3.62. The highest BCUT2D eigenvalue weighted by molar-refractivity contribution is 7.99. The molecule has 1 aromatic rings. The van der Waals surface area contributed by atoms with E-state index in [2.05, 4.69) is 34.4 Å². The van der Waals surface area contributed by atoms with Crippen molar-refractivity contribution in [2.45, 2.75) is 50.3 Å². The zero-order chi connectivity index (χ0) is 10.3. The normalized spacial score (nSPS) is 30.5. The summed E-state index contributed by atoms with van der Waals surface area (Å²) in [4.78, 5) is 4.67. The van der Waals surface area contributed by atoms with Crippen LogP contribution in [-0.2, 0) is 6.42 Å². The van der Waals surface area contributed by atoms with Crippen LogP contribution in [0.5, 0.6) is 0 Å². The predicted octanol–water partition coefficient (Wildman–Crippen LogP) is 3.35. The SMILES string of the molecule is CC1CCCc2cnc(C3CCCS3)n21. The van der Waals surface area contributed by atoms with Gasteiger partial charge in [0.25, 0.3) is 0 Å². The van der Waals surface area contributed by atoms with Gasteiger partial charge >= 0.3 is 0 Å². The summed E-state index contributed by atoms with van der Waals surface area (Å²) >= 11 is 2.09. The van der Waals surface area contributed by atoms with E-state index in [9.17, 15) is 0 Å². The molecule has 15 heavy (non-hydrogen) atoms. The van der Waals surface area contributed by atoms with E-state index in [1.807, 2.05) is 0 Å². The van der Waals surface area contributed by atoms with Gasteiger partial charge in [-0.2, -0.15) is 11.8 Å². The van der Waals surface area contributed by atoms with Crippen molar-refractivity contribution in [2.75, 3.05) is 5.75 Å². The monoisotopic (exact) mass is 222 g/mol. The van der Waals surface area contributed by atoms with Gasteiger partial charge in [0.05, 0.1) is 5.25 Å². The minimum atomic E-state index is 0.674. The predicted molar refractivity (Wildman–Crippen MR) is 64.3 cm³/mol. The van der Waals surface area contributed by atoms with Gasteiger partial charge in [-0.05, 0) is 44.8 Å². The number of hydrogen-bond donors (Lipinski definition) is 0. The molecule has 3 rings (SSSR count). The number of rotatable bonds is 1. The molecule has 3 heterocycles. The second-order valence-corrected chi connectivity index (χ2v) is 6.03. The van der Waals surface area contributed by atoms with Crippen LogP contribution in [0.3, 0.4) is 0 Å². The maximum atomic E-state index is 4.67. The lowest BCUT2D eigenvalue weighted by Gasteiger charge is -2.25. The number of aromatic nitrogens is 2. The van der Waals surface area contributed by atoms with Crippen molar-refractivity contribution in [2.24, 2.45) is 0 Å². The third kappa shape index (κ3) is 1.61. The number of imidazole rings is 1. The molecule has 1 aromatic heterocycles. The lowest BCUT2D eigenvalue weighted by molar-refractivity contribution is 0.416. The average molecular weight is 222 g/mol. The summed E-state index contributed by atoms with van der Waals surface area (Å²) in [6.07, 6.45) is 8.70. The molecule has 0 aromatic carbocycles. The summed E-state index contributed by atoms with van der Waals surface area (Å²) in [7, 11) is 0. The van der Waals surface area contributed by atoms with E-state index in [0.29, 0.717) is 11.3 Å². The van der Waals surface area contributed by atoms with E-state index in [4.69, 9.17) is 0 Å². The Labute approximate surface area is 95.5 Å². The fourth-order valence-corrected chi connectivity index (χ4v) is 4.11. The van der Waals surface area contributed by atoms with Crippen LogP contribution in [0.4, 0.5) is 0 Å². The molecule has 0 N–H and O–H groups in total. The summed E-state index contributed by atoms with van der Waals surface area (Å²) in [6, 6.07) is 0.674. The van der Waals surface area contributed by atoms with E-state index >= 15 is 0 Å². The number of fused-ring (bicyclic) bond motifs is 1. The summed E-state index contributed by atoms with van der Waals surface area (Å²) in [6.45, 7) is 2.34. The maximum Gasteiger partial charge on any atom is 0.122 e. The van der Waals surface area contributed by atoms with Crippen LogP contribution in [0, 0.1) is 0 Å². The lowest BCUT2D eigenvalue weighted by Crippen LogP contribution is -2.17. The van der Waals surface area contributed by atoms with Crippen molar-refractivity contribution in [3.05, 3.63) is 17.7 Å². The topological polar surface area (TPSA) is 17.8 Å². The van der Waals surface area contributed by atoms with Gasteiger partial charge in [0.1, 0.15) is 5.82 Å². The first kappa shape index (κ1) is 9.76. The van der Waals surface area contributed by atoms with Crippen LogP contribution in [0.1, 0.15) is 55.4 Å². The van der Waals surface area contributed by atoms with Crippen LogP contribution in [-0.4, -0.2) is 15.3 Å². The summed E-state index contributed by atoms with van der Waals surface area (Å²) < 4.78 is 2.52. The zero-order valence-corrected chi connectivity index (χ0v) is 10.1. The van der Waals surface area contributed by atoms with Crippen molar-refractivity contribution in [1.29, 1.82) is 0 Å². The largest absolute Gasteiger partial charge is 0.328 e. The van der Waals surface area contributed by atoms with Gasteiger partial charge in [-0.3, -0.25) is 0 Å². The molecule has 2 aliphatic rings. The first-order valence-corrected chi connectivity index (χ1v) is 7.09. The Morgan fingerprint density at radius 3 is 3.13 bits per heavy atom. The molecule has 0 amide bonds. The lowest BCUT2D eigenvalue weighted by atomic mass is 10.0. The molecule has 2 atom stereocenters. The van der Waals surface area contributed by atoms with Gasteiger partial charge in [0.2, 0.25) is 0 Å². The smallest absolute Gasteiger partial charge is 0.122 e. The van der Waals surface area contributed by atoms with Crippen molar-refractivity contribution in [1.82, 2.24) is 9.55 Å².